The number of aliphatic carboxylic acids is 1. The second-order valence-corrected chi connectivity index (χ2v) is 7.15. The Morgan fingerprint density at radius 2 is 1.67 bits per heavy atom. The Morgan fingerprint density at radius 3 is 2.20 bits per heavy atom. The zero-order valence-electron chi connectivity index (χ0n) is 17.2. The summed E-state index contributed by atoms with van der Waals surface area (Å²) in [6.07, 6.45) is 1.76. The van der Waals surface area contributed by atoms with Gasteiger partial charge >= 0.3 is 5.97 Å². The first-order chi connectivity index (χ1) is 14.3. The minimum Gasteiger partial charge on any atom is -0.497 e. The molecule has 2 rings (SSSR count). The molecule has 0 aliphatic carbocycles. The zero-order valence-corrected chi connectivity index (χ0v) is 17.2. The van der Waals surface area contributed by atoms with Crippen molar-refractivity contribution in [1.29, 1.82) is 0 Å². The highest BCUT2D eigenvalue weighted by atomic mass is 16.5. The molecule has 0 bridgehead atoms. The third kappa shape index (κ3) is 6.77. The molecule has 2 aromatic carbocycles. The largest absolute Gasteiger partial charge is 0.497 e. The standard InChI is InChI=1S/C23H26N2O5/c1-15(2)13-20(23(28)29)25-22(27)19(14-16-9-11-18(30-3)12-10-16)24-21(26)17-7-5-4-6-8-17/h4-12,14-15,20H,13H2,1-3H3,(H,24,26)(H,25,27)(H,28,29)/t20-/m0/s1. The highest BCUT2D eigenvalue weighted by Gasteiger charge is 2.24. The predicted octanol–water partition coefficient (Wildman–Crippen LogP) is 3.08. The first-order valence-corrected chi connectivity index (χ1v) is 9.56. The Labute approximate surface area is 175 Å². The van der Waals surface area contributed by atoms with Crippen LogP contribution >= 0.6 is 0 Å². The quantitative estimate of drug-likeness (QED) is 0.551. The van der Waals surface area contributed by atoms with E-state index in [2.05, 4.69) is 10.6 Å². The summed E-state index contributed by atoms with van der Waals surface area (Å²) in [5, 5.41) is 14.5. The summed E-state index contributed by atoms with van der Waals surface area (Å²) in [5.74, 6) is -1.56. The number of hydrogen-bond donors (Lipinski definition) is 3. The maximum absolute atomic E-state index is 12.9. The van der Waals surface area contributed by atoms with Crippen molar-refractivity contribution < 1.29 is 24.2 Å². The van der Waals surface area contributed by atoms with E-state index in [4.69, 9.17) is 4.74 Å². The van der Waals surface area contributed by atoms with Crippen molar-refractivity contribution in [3.63, 3.8) is 0 Å². The summed E-state index contributed by atoms with van der Waals surface area (Å²) in [7, 11) is 1.55. The fourth-order valence-corrected chi connectivity index (χ4v) is 2.74. The van der Waals surface area contributed by atoms with Crippen molar-refractivity contribution in [2.45, 2.75) is 26.3 Å². The number of nitrogens with one attached hydrogen (secondary N) is 2. The van der Waals surface area contributed by atoms with Crippen molar-refractivity contribution in [3.8, 4) is 5.75 Å². The lowest BCUT2D eigenvalue weighted by molar-refractivity contribution is -0.141. The van der Waals surface area contributed by atoms with E-state index in [-0.39, 0.29) is 18.0 Å². The van der Waals surface area contributed by atoms with Gasteiger partial charge in [-0.05, 0) is 48.2 Å². The number of amides is 2. The number of rotatable bonds is 9. The normalized spacial score (nSPS) is 12.2. The molecule has 1 atom stereocenters. The molecule has 30 heavy (non-hydrogen) atoms. The van der Waals surface area contributed by atoms with E-state index in [1.807, 2.05) is 13.8 Å². The molecule has 0 spiro atoms. The number of ether oxygens (including phenoxy) is 1. The lowest BCUT2D eigenvalue weighted by atomic mass is 10.0. The number of carbonyl (C=O) groups is 3. The molecule has 0 aliphatic rings. The Bertz CT molecular complexity index is 905. The Hall–Kier alpha value is -3.61. The monoisotopic (exact) mass is 410 g/mol. The molecule has 0 unspecified atom stereocenters. The number of carboxylic acids is 1. The van der Waals surface area contributed by atoms with Gasteiger partial charge < -0.3 is 20.5 Å². The van der Waals surface area contributed by atoms with Crippen molar-refractivity contribution in [1.82, 2.24) is 10.6 Å². The Morgan fingerprint density at radius 1 is 1.03 bits per heavy atom. The molecule has 0 radical (unpaired) electrons. The van der Waals surface area contributed by atoms with Gasteiger partial charge in [0, 0.05) is 5.56 Å². The van der Waals surface area contributed by atoms with Crippen LogP contribution in [0.5, 0.6) is 5.75 Å². The van der Waals surface area contributed by atoms with Gasteiger partial charge in [-0.2, -0.15) is 0 Å². The lowest BCUT2D eigenvalue weighted by Crippen LogP contribution is -2.45. The molecule has 7 nitrogen and oxygen atoms in total. The minimum atomic E-state index is -1.13. The number of carboxylic acid groups (broad SMARTS) is 1. The van der Waals surface area contributed by atoms with Gasteiger partial charge in [-0.15, -0.1) is 0 Å². The molecule has 0 heterocycles. The SMILES string of the molecule is COc1ccc(C=C(NC(=O)c2ccccc2)C(=O)N[C@@H](CC(C)C)C(=O)O)cc1. The average molecular weight is 410 g/mol. The molecule has 0 aromatic heterocycles. The van der Waals surface area contributed by atoms with E-state index in [0.29, 0.717) is 16.9 Å². The highest BCUT2D eigenvalue weighted by Crippen LogP contribution is 2.14. The third-order valence-electron chi connectivity index (χ3n) is 4.27. The highest BCUT2D eigenvalue weighted by molar-refractivity contribution is 6.06. The smallest absolute Gasteiger partial charge is 0.326 e. The van der Waals surface area contributed by atoms with Crippen LogP contribution in [0.25, 0.3) is 6.08 Å². The van der Waals surface area contributed by atoms with E-state index in [1.165, 1.54) is 6.08 Å². The van der Waals surface area contributed by atoms with E-state index in [0.717, 1.165) is 0 Å². The second kappa shape index (κ2) is 10.8. The Balaban J connectivity index is 2.31. The maximum Gasteiger partial charge on any atom is 0.326 e. The number of carbonyl (C=O) groups excluding carboxylic acids is 2. The predicted molar refractivity (Wildman–Crippen MR) is 114 cm³/mol. The van der Waals surface area contributed by atoms with Crippen LogP contribution in [-0.4, -0.2) is 36.0 Å². The zero-order chi connectivity index (χ0) is 22.1. The minimum absolute atomic E-state index is 0.0518. The number of hydrogen-bond acceptors (Lipinski definition) is 4. The van der Waals surface area contributed by atoms with Crippen LogP contribution in [0.1, 0.15) is 36.2 Å². The van der Waals surface area contributed by atoms with E-state index in [9.17, 15) is 19.5 Å². The molecular formula is C23H26N2O5. The van der Waals surface area contributed by atoms with Crippen molar-refractivity contribution in [2.24, 2.45) is 5.92 Å². The second-order valence-electron chi connectivity index (χ2n) is 7.15. The molecule has 158 valence electrons. The van der Waals surface area contributed by atoms with E-state index >= 15 is 0 Å². The summed E-state index contributed by atoms with van der Waals surface area (Å²) in [6, 6.07) is 14.3. The molecule has 7 heteroatoms. The van der Waals surface area contributed by atoms with Gasteiger partial charge in [0.2, 0.25) is 0 Å². The van der Waals surface area contributed by atoms with Crippen molar-refractivity contribution >= 4 is 23.9 Å². The van der Waals surface area contributed by atoms with E-state index in [1.54, 1.807) is 61.7 Å². The summed E-state index contributed by atoms with van der Waals surface area (Å²) in [4.78, 5) is 37.0. The Kier molecular flexibility index (Phi) is 8.17. The number of methoxy groups -OCH3 is 1. The van der Waals surface area contributed by atoms with Crippen LogP contribution in [0, 0.1) is 5.92 Å². The molecule has 2 amide bonds. The summed E-state index contributed by atoms with van der Waals surface area (Å²) < 4.78 is 5.12. The van der Waals surface area contributed by atoms with Gasteiger partial charge in [0.15, 0.2) is 0 Å². The van der Waals surface area contributed by atoms with Crippen LogP contribution in [0.4, 0.5) is 0 Å². The van der Waals surface area contributed by atoms with Gasteiger partial charge in [0.1, 0.15) is 17.5 Å². The van der Waals surface area contributed by atoms with Gasteiger partial charge in [-0.1, -0.05) is 44.2 Å². The van der Waals surface area contributed by atoms with Crippen LogP contribution in [0.15, 0.2) is 60.3 Å². The summed E-state index contributed by atoms with van der Waals surface area (Å²) in [5.41, 5.74) is 0.969. The molecule has 0 saturated heterocycles. The maximum atomic E-state index is 12.9. The van der Waals surface area contributed by atoms with Crippen LogP contribution in [0.2, 0.25) is 0 Å². The first-order valence-electron chi connectivity index (χ1n) is 9.56. The summed E-state index contributed by atoms with van der Waals surface area (Å²) >= 11 is 0. The van der Waals surface area contributed by atoms with Crippen LogP contribution in [-0.2, 0) is 9.59 Å². The fourth-order valence-electron chi connectivity index (χ4n) is 2.74. The van der Waals surface area contributed by atoms with Gasteiger partial charge in [-0.3, -0.25) is 9.59 Å². The molecule has 0 saturated carbocycles. The van der Waals surface area contributed by atoms with Crippen molar-refractivity contribution in [2.75, 3.05) is 7.11 Å². The van der Waals surface area contributed by atoms with E-state index < -0.39 is 23.8 Å². The lowest BCUT2D eigenvalue weighted by Gasteiger charge is -2.18. The topological polar surface area (TPSA) is 105 Å². The molecule has 2 aromatic rings. The fraction of sp³-hybridized carbons (Fsp3) is 0.261. The van der Waals surface area contributed by atoms with Crippen LogP contribution in [0.3, 0.4) is 0 Å². The van der Waals surface area contributed by atoms with Gasteiger partial charge in [0.25, 0.3) is 11.8 Å². The van der Waals surface area contributed by atoms with Gasteiger partial charge in [0.05, 0.1) is 7.11 Å². The molecule has 0 fully saturated rings. The number of benzene rings is 2. The van der Waals surface area contributed by atoms with Crippen LogP contribution < -0.4 is 15.4 Å². The summed E-state index contributed by atoms with van der Waals surface area (Å²) in [6.45, 7) is 3.74. The third-order valence-corrected chi connectivity index (χ3v) is 4.27. The van der Waals surface area contributed by atoms with Gasteiger partial charge in [-0.25, -0.2) is 4.79 Å². The van der Waals surface area contributed by atoms with Crippen molar-refractivity contribution in [3.05, 3.63) is 71.4 Å². The molecule has 3 N–H and O–H groups in total. The molecule has 0 aliphatic heterocycles. The first kappa shape index (κ1) is 22.7. The molecular weight excluding hydrogens is 384 g/mol. The average Bonchev–Trinajstić information content (AvgIpc) is 2.73.